The predicted molar refractivity (Wildman–Crippen MR) is 155 cm³/mol. The van der Waals surface area contributed by atoms with Crippen LogP contribution < -0.4 is 15.4 Å². The van der Waals surface area contributed by atoms with E-state index >= 15 is 0 Å². The number of ether oxygens (including phenoxy) is 2. The number of aryl methyl sites for hydroxylation is 1. The lowest BCUT2D eigenvalue weighted by atomic mass is 9.98. The maximum Gasteiger partial charge on any atom is 0.305 e. The van der Waals surface area contributed by atoms with Gasteiger partial charge in [-0.2, -0.15) is 0 Å². The van der Waals surface area contributed by atoms with E-state index in [9.17, 15) is 9.59 Å². The van der Waals surface area contributed by atoms with Crippen LogP contribution in [0.2, 0.25) is 0 Å². The van der Waals surface area contributed by atoms with E-state index in [1.807, 2.05) is 67.6 Å². The molecular formula is C33H34N2O4. The van der Waals surface area contributed by atoms with Crippen LogP contribution in [0.3, 0.4) is 0 Å². The highest BCUT2D eigenvalue weighted by Gasteiger charge is 2.16. The Bertz CT molecular complexity index is 1330. The summed E-state index contributed by atoms with van der Waals surface area (Å²) < 4.78 is 10.8. The molecule has 0 aromatic heterocycles. The number of esters is 1. The van der Waals surface area contributed by atoms with Crippen LogP contribution in [0, 0.1) is 6.92 Å². The van der Waals surface area contributed by atoms with Gasteiger partial charge in [0.25, 0.3) is 5.91 Å². The maximum absolute atomic E-state index is 13.2. The van der Waals surface area contributed by atoms with Crippen LogP contribution in [-0.2, 0) is 9.53 Å². The van der Waals surface area contributed by atoms with E-state index in [2.05, 4.69) is 34.9 Å². The molecule has 4 aromatic carbocycles. The molecule has 0 aliphatic carbocycles. The van der Waals surface area contributed by atoms with Crippen molar-refractivity contribution in [1.29, 1.82) is 0 Å². The molecule has 4 rings (SSSR count). The van der Waals surface area contributed by atoms with Crippen molar-refractivity contribution < 1.29 is 19.1 Å². The fraction of sp³-hybridized carbons (Fsp3) is 0.212. The first kappa shape index (κ1) is 27.5. The Morgan fingerprint density at radius 1 is 0.821 bits per heavy atom. The molecular weight excluding hydrogens is 488 g/mol. The lowest BCUT2D eigenvalue weighted by Gasteiger charge is -2.22. The lowest BCUT2D eigenvalue weighted by Crippen LogP contribution is -2.15. The van der Waals surface area contributed by atoms with Gasteiger partial charge in [-0.05, 0) is 67.3 Å². The zero-order valence-electron chi connectivity index (χ0n) is 22.4. The second-order valence-corrected chi connectivity index (χ2v) is 9.14. The van der Waals surface area contributed by atoms with E-state index in [0.717, 1.165) is 28.1 Å². The van der Waals surface area contributed by atoms with E-state index in [0.29, 0.717) is 30.9 Å². The summed E-state index contributed by atoms with van der Waals surface area (Å²) in [6.07, 6.45) is 0.784. The summed E-state index contributed by atoms with van der Waals surface area (Å²) in [5, 5.41) is 6.67. The van der Waals surface area contributed by atoms with Crippen molar-refractivity contribution >= 4 is 23.3 Å². The van der Waals surface area contributed by atoms with Gasteiger partial charge in [0.15, 0.2) is 0 Å². The fourth-order valence-corrected chi connectivity index (χ4v) is 4.31. The molecule has 2 N–H and O–H groups in total. The standard InChI is InChI=1S/C33H34N2O4/c1-3-38-31(36)19-12-22-39-30-18-11-10-17-28(30)33(37)35-29-21-20-27(23-24(29)2)34-32(25-13-6-4-7-14-25)26-15-8-5-9-16-26/h4-11,13-18,20-21,23,32,34H,3,12,19,22H2,1-2H3,(H,35,37). The van der Waals surface area contributed by atoms with Crippen molar-refractivity contribution in [2.45, 2.75) is 32.7 Å². The van der Waals surface area contributed by atoms with Crippen LogP contribution in [0.25, 0.3) is 0 Å². The molecule has 0 radical (unpaired) electrons. The molecule has 1 amide bonds. The van der Waals surface area contributed by atoms with Crippen LogP contribution in [0.1, 0.15) is 52.9 Å². The van der Waals surface area contributed by atoms with Gasteiger partial charge in [-0.15, -0.1) is 0 Å². The summed E-state index contributed by atoms with van der Waals surface area (Å²) in [5.41, 5.74) is 5.37. The first-order valence-electron chi connectivity index (χ1n) is 13.2. The highest BCUT2D eigenvalue weighted by atomic mass is 16.5. The minimum absolute atomic E-state index is 0.0138. The number of hydrogen-bond acceptors (Lipinski definition) is 5. The van der Waals surface area contributed by atoms with Gasteiger partial charge in [0.1, 0.15) is 5.75 Å². The highest BCUT2D eigenvalue weighted by Crippen LogP contribution is 2.29. The van der Waals surface area contributed by atoms with Crippen molar-refractivity contribution in [3.05, 3.63) is 125 Å². The van der Waals surface area contributed by atoms with Gasteiger partial charge in [0, 0.05) is 17.8 Å². The van der Waals surface area contributed by atoms with Gasteiger partial charge in [0.05, 0.1) is 24.8 Å². The first-order valence-corrected chi connectivity index (χ1v) is 13.2. The minimum atomic E-state index is -0.258. The van der Waals surface area contributed by atoms with E-state index in [4.69, 9.17) is 9.47 Å². The van der Waals surface area contributed by atoms with E-state index in [1.54, 1.807) is 25.1 Å². The van der Waals surface area contributed by atoms with Gasteiger partial charge < -0.3 is 20.1 Å². The van der Waals surface area contributed by atoms with Crippen LogP contribution in [0.5, 0.6) is 5.75 Å². The summed E-state index contributed by atoms with van der Waals surface area (Å²) in [7, 11) is 0. The smallest absolute Gasteiger partial charge is 0.305 e. The molecule has 0 saturated carbocycles. The average molecular weight is 523 g/mol. The predicted octanol–water partition coefficient (Wildman–Crippen LogP) is 7.17. The summed E-state index contributed by atoms with van der Waals surface area (Å²) in [4.78, 5) is 24.7. The van der Waals surface area contributed by atoms with Crippen LogP contribution in [-0.4, -0.2) is 25.1 Å². The number of carbonyl (C=O) groups is 2. The molecule has 0 atom stereocenters. The number of hydrogen-bond donors (Lipinski definition) is 2. The molecule has 0 saturated heterocycles. The van der Waals surface area contributed by atoms with E-state index in [1.165, 1.54) is 0 Å². The number of benzene rings is 4. The van der Waals surface area contributed by atoms with Crippen molar-refractivity contribution in [2.24, 2.45) is 0 Å². The number of rotatable bonds is 12. The third kappa shape index (κ3) is 7.71. The van der Waals surface area contributed by atoms with Crippen molar-refractivity contribution in [2.75, 3.05) is 23.8 Å². The molecule has 0 fully saturated rings. The Hall–Kier alpha value is -4.58. The lowest BCUT2D eigenvalue weighted by molar-refractivity contribution is -0.143. The molecule has 39 heavy (non-hydrogen) atoms. The van der Waals surface area contributed by atoms with Gasteiger partial charge in [-0.1, -0.05) is 72.8 Å². The fourth-order valence-electron chi connectivity index (χ4n) is 4.31. The average Bonchev–Trinajstić information content (AvgIpc) is 2.96. The zero-order chi connectivity index (χ0) is 27.5. The summed E-state index contributed by atoms with van der Waals surface area (Å²) in [5.74, 6) is -0.0333. The normalized spacial score (nSPS) is 10.6. The minimum Gasteiger partial charge on any atom is -0.493 e. The van der Waals surface area contributed by atoms with Crippen molar-refractivity contribution in [3.8, 4) is 5.75 Å². The Labute approximate surface area is 230 Å². The van der Waals surface area contributed by atoms with Gasteiger partial charge in [-0.3, -0.25) is 9.59 Å². The second-order valence-electron chi connectivity index (χ2n) is 9.14. The number of para-hydroxylation sites is 1. The molecule has 6 heteroatoms. The molecule has 0 aliphatic rings. The SMILES string of the molecule is CCOC(=O)CCCOc1ccccc1C(=O)Nc1ccc(NC(c2ccccc2)c2ccccc2)cc1C. The van der Waals surface area contributed by atoms with Crippen LogP contribution in [0.4, 0.5) is 11.4 Å². The third-order valence-corrected chi connectivity index (χ3v) is 6.27. The topological polar surface area (TPSA) is 76.7 Å². The number of nitrogens with one attached hydrogen (secondary N) is 2. The molecule has 0 heterocycles. The van der Waals surface area contributed by atoms with E-state index in [-0.39, 0.29) is 24.3 Å². The summed E-state index contributed by atoms with van der Waals surface area (Å²) in [6.45, 7) is 4.42. The molecule has 0 unspecified atom stereocenters. The van der Waals surface area contributed by atoms with Gasteiger partial charge >= 0.3 is 5.97 Å². The maximum atomic E-state index is 13.2. The largest absolute Gasteiger partial charge is 0.493 e. The number of amides is 1. The number of anilines is 2. The zero-order valence-corrected chi connectivity index (χ0v) is 22.4. The van der Waals surface area contributed by atoms with Crippen molar-refractivity contribution in [1.82, 2.24) is 0 Å². The highest BCUT2D eigenvalue weighted by molar-refractivity contribution is 6.06. The molecule has 200 valence electrons. The quantitative estimate of drug-likeness (QED) is 0.152. The third-order valence-electron chi connectivity index (χ3n) is 6.27. The number of carbonyl (C=O) groups excluding carboxylic acids is 2. The summed E-state index contributed by atoms with van der Waals surface area (Å²) in [6, 6.07) is 33.6. The van der Waals surface area contributed by atoms with Crippen LogP contribution in [0.15, 0.2) is 103 Å². The molecule has 0 spiro atoms. The Morgan fingerprint density at radius 3 is 2.10 bits per heavy atom. The summed E-state index contributed by atoms with van der Waals surface area (Å²) >= 11 is 0. The Morgan fingerprint density at radius 2 is 1.46 bits per heavy atom. The Balaban J connectivity index is 1.43. The van der Waals surface area contributed by atoms with Crippen molar-refractivity contribution in [3.63, 3.8) is 0 Å². The first-order chi connectivity index (χ1) is 19.0. The molecule has 0 aliphatic heterocycles. The Kier molecular flexibility index (Phi) is 9.73. The second kappa shape index (κ2) is 13.8. The van der Waals surface area contributed by atoms with E-state index < -0.39 is 0 Å². The van der Waals surface area contributed by atoms with Gasteiger partial charge in [0.2, 0.25) is 0 Å². The molecule has 6 nitrogen and oxygen atoms in total. The monoisotopic (exact) mass is 522 g/mol. The van der Waals surface area contributed by atoms with Gasteiger partial charge in [-0.25, -0.2) is 0 Å². The molecule has 4 aromatic rings. The molecule has 0 bridgehead atoms. The van der Waals surface area contributed by atoms with Crippen LogP contribution >= 0.6 is 0 Å².